The second-order valence-electron chi connectivity index (χ2n) is 8.74. The van der Waals surface area contributed by atoms with Gasteiger partial charge in [-0.2, -0.15) is 0 Å². The molecule has 0 saturated carbocycles. The first-order valence-corrected chi connectivity index (χ1v) is 11.5. The van der Waals surface area contributed by atoms with Gasteiger partial charge in [0.15, 0.2) is 0 Å². The molecular formula is C25H31N5O. The minimum atomic E-state index is 0.287. The number of piperidine rings is 1. The first-order chi connectivity index (χ1) is 15.2. The highest BCUT2D eigenvalue weighted by Gasteiger charge is 2.24. The Hall–Kier alpha value is -2.86. The minimum absolute atomic E-state index is 0.287. The van der Waals surface area contributed by atoms with Crippen molar-refractivity contribution in [3.8, 4) is 11.4 Å². The van der Waals surface area contributed by atoms with Crippen molar-refractivity contribution in [2.45, 2.75) is 19.3 Å². The van der Waals surface area contributed by atoms with Gasteiger partial charge < -0.3 is 14.4 Å². The normalized spacial score (nSPS) is 18.0. The first-order valence-electron chi connectivity index (χ1n) is 11.5. The number of imidazole rings is 1. The number of piperazine rings is 1. The van der Waals surface area contributed by atoms with Crippen LogP contribution in [0.3, 0.4) is 0 Å². The molecule has 6 nitrogen and oxygen atoms in total. The minimum Gasteiger partial charge on any atom is -0.368 e. The average molecular weight is 418 g/mol. The molecule has 0 radical (unpaired) electrons. The predicted octanol–water partition coefficient (Wildman–Crippen LogP) is 3.37. The quantitative estimate of drug-likeness (QED) is 0.653. The van der Waals surface area contributed by atoms with E-state index in [1.165, 1.54) is 24.9 Å². The molecule has 162 valence electrons. The van der Waals surface area contributed by atoms with Crippen molar-refractivity contribution >= 4 is 22.6 Å². The van der Waals surface area contributed by atoms with Crippen molar-refractivity contribution in [1.29, 1.82) is 0 Å². The molecule has 31 heavy (non-hydrogen) atoms. The van der Waals surface area contributed by atoms with Gasteiger partial charge >= 0.3 is 0 Å². The van der Waals surface area contributed by atoms with Crippen molar-refractivity contribution < 1.29 is 4.79 Å². The van der Waals surface area contributed by atoms with Gasteiger partial charge in [-0.25, -0.2) is 4.98 Å². The molecule has 0 atom stereocenters. The van der Waals surface area contributed by atoms with Crippen molar-refractivity contribution in [2.75, 3.05) is 50.7 Å². The van der Waals surface area contributed by atoms with E-state index in [-0.39, 0.29) is 5.91 Å². The summed E-state index contributed by atoms with van der Waals surface area (Å²) in [5.41, 5.74) is 4.49. The average Bonchev–Trinajstić information content (AvgIpc) is 3.17. The second-order valence-corrected chi connectivity index (χ2v) is 8.74. The van der Waals surface area contributed by atoms with Gasteiger partial charge in [0.1, 0.15) is 5.82 Å². The Morgan fingerprint density at radius 2 is 1.68 bits per heavy atom. The summed E-state index contributed by atoms with van der Waals surface area (Å²) < 4.78 is 2.16. The molecule has 1 aromatic heterocycles. The third-order valence-corrected chi connectivity index (χ3v) is 6.70. The summed E-state index contributed by atoms with van der Waals surface area (Å²) in [4.78, 5) is 24.3. The Labute approximate surface area is 184 Å². The Kier molecular flexibility index (Phi) is 5.64. The van der Waals surface area contributed by atoms with Gasteiger partial charge in [-0.1, -0.05) is 30.7 Å². The lowest BCUT2D eigenvalue weighted by atomic mass is 10.1. The van der Waals surface area contributed by atoms with Gasteiger partial charge in [-0.15, -0.1) is 0 Å². The number of para-hydroxylation sites is 2. The Balaban J connectivity index is 1.26. The zero-order chi connectivity index (χ0) is 21.2. The molecular weight excluding hydrogens is 386 g/mol. The van der Waals surface area contributed by atoms with E-state index in [0.717, 1.165) is 61.7 Å². The maximum absolute atomic E-state index is 12.7. The molecule has 2 aliphatic heterocycles. The van der Waals surface area contributed by atoms with Gasteiger partial charge in [0, 0.05) is 44.5 Å². The summed E-state index contributed by atoms with van der Waals surface area (Å²) in [6.45, 7) is 6.06. The fourth-order valence-corrected chi connectivity index (χ4v) is 4.87. The van der Waals surface area contributed by atoms with Gasteiger partial charge in [-0.05, 0) is 50.2 Å². The molecule has 0 bridgehead atoms. The number of aromatic nitrogens is 2. The number of amides is 1. The number of likely N-dealkylation sites (tertiary alicyclic amines) is 1. The number of hydrogen-bond donors (Lipinski definition) is 0. The smallest absolute Gasteiger partial charge is 0.236 e. The molecule has 5 rings (SSSR count). The number of nitrogens with zero attached hydrogens (tertiary/aromatic N) is 5. The lowest BCUT2D eigenvalue weighted by Crippen LogP contribution is -2.51. The molecule has 2 saturated heterocycles. The zero-order valence-electron chi connectivity index (χ0n) is 18.3. The van der Waals surface area contributed by atoms with Crippen LogP contribution in [0.1, 0.15) is 19.3 Å². The van der Waals surface area contributed by atoms with Crippen molar-refractivity contribution in [2.24, 2.45) is 7.05 Å². The number of aryl methyl sites for hydroxylation is 1. The van der Waals surface area contributed by atoms with E-state index in [1.807, 2.05) is 11.0 Å². The van der Waals surface area contributed by atoms with Crippen LogP contribution in [0.5, 0.6) is 0 Å². The molecule has 3 aromatic rings. The Morgan fingerprint density at radius 1 is 0.903 bits per heavy atom. The fraction of sp³-hybridized carbons (Fsp3) is 0.440. The maximum Gasteiger partial charge on any atom is 0.236 e. The molecule has 6 heteroatoms. The molecule has 2 aliphatic rings. The summed E-state index contributed by atoms with van der Waals surface area (Å²) in [6, 6.07) is 16.9. The van der Waals surface area contributed by atoms with Crippen molar-refractivity contribution in [3.63, 3.8) is 0 Å². The number of fused-ring (bicyclic) bond motifs is 1. The number of hydrogen-bond acceptors (Lipinski definition) is 4. The fourth-order valence-electron chi connectivity index (χ4n) is 4.87. The highest BCUT2D eigenvalue weighted by Crippen LogP contribution is 2.27. The van der Waals surface area contributed by atoms with Crippen LogP contribution in [0.2, 0.25) is 0 Å². The summed E-state index contributed by atoms with van der Waals surface area (Å²) in [5, 5.41) is 0. The van der Waals surface area contributed by atoms with E-state index < -0.39 is 0 Å². The molecule has 0 unspecified atom stereocenters. The highest BCUT2D eigenvalue weighted by atomic mass is 16.2. The van der Waals surface area contributed by atoms with Crippen LogP contribution in [-0.2, 0) is 11.8 Å². The van der Waals surface area contributed by atoms with Gasteiger partial charge in [-0.3, -0.25) is 9.69 Å². The van der Waals surface area contributed by atoms with Crippen LogP contribution in [0.25, 0.3) is 22.4 Å². The summed E-state index contributed by atoms with van der Waals surface area (Å²) in [5.74, 6) is 1.27. The molecule has 0 N–H and O–H groups in total. The largest absolute Gasteiger partial charge is 0.368 e. The topological polar surface area (TPSA) is 44.6 Å². The Morgan fingerprint density at radius 3 is 2.45 bits per heavy atom. The zero-order valence-corrected chi connectivity index (χ0v) is 18.3. The summed E-state index contributed by atoms with van der Waals surface area (Å²) in [6.07, 6.45) is 3.75. The first kappa shape index (κ1) is 20.1. The van der Waals surface area contributed by atoms with E-state index in [0.29, 0.717) is 6.54 Å². The maximum atomic E-state index is 12.7. The second kappa shape index (κ2) is 8.71. The van der Waals surface area contributed by atoms with Crippen molar-refractivity contribution in [1.82, 2.24) is 19.4 Å². The van der Waals surface area contributed by atoms with Crippen LogP contribution in [0, 0.1) is 0 Å². The summed E-state index contributed by atoms with van der Waals surface area (Å²) >= 11 is 0. The van der Waals surface area contributed by atoms with Crippen LogP contribution in [0.4, 0.5) is 5.69 Å². The van der Waals surface area contributed by atoms with E-state index in [2.05, 4.69) is 63.9 Å². The third kappa shape index (κ3) is 4.17. The van der Waals surface area contributed by atoms with Gasteiger partial charge in [0.2, 0.25) is 5.91 Å². The van der Waals surface area contributed by atoms with Crippen LogP contribution < -0.4 is 4.90 Å². The number of rotatable bonds is 4. The van der Waals surface area contributed by atoms with Crippen molar-refractivity contribution in [3.05, 3.63) is 48.5 Å². The van der Waals surface area contributed by atoms with E-state index in [4.69, 9.17) is 4.98 Å². The van der Waals surface area contributed by atoms with Gasteiger partial charge in [0.05, 0.1) is 17.6 Å². The van der Waals surface area contributed by atoms with Gasteiger partial charge in [0.25, 0.3) is 0 Å². The molecule has 3 heterocycles. The standard InChI is InChI=1S/C25H31N5O/c1-27-23-11-4-3-10-22(23)26-25(27)20-8-7-9-21(18-20)29-14-16-30(17-15-29)24(31)19-28-12-5-2-6-13-28/h3-4,7-11,18H,2,5-6,12-17,19H2,1H3. The number of anilines is 1. The molecule has 0 aliphatic carbocycles. The lowest BCUT2D eigenvalue weighted by molar-refractivity contribution is -0.132. The molecule has 2 fully saturated rings. The number of carbonyl (C=O) groups is 1. The van der Waals surface area contributed by atoms with Crippen LogP contribution in [0.15, 0.2) is 48.5 Å². The van der Waals surface area contributed by atoms with Crippen LogP contribution in [-0.4, -0.2) is 71.1 Å². The predicted molar refractivity (Wildman–Crippen MR) is 125 cm³/mol. The molecule has 2 aromatic carbocycles. The van der Waals surface area contributed by atoms with Crippen LogP contribution >= 0.6 is 0 Å². The van der Waals surface area contributed by atoms with E-state index >= 15 is 0 Å². The number of carbonyl (C=O) groups excluding carboxylic acids is 1. The monoisotopic (exact) mass is 417 g/mol. The summed E-state index contributed by atoms with van der Waals surface area (Å²) in [7, 11) is 2.07. The molecule has 0 spiro atoms. The Bertz CT molecular complexity index is 1060. The number of benzene rings is 2. The van der Waals surface area contributed by atoms with E-state index in [9.17, 15) is 4.79 Å². The third-order valence-electron chi connectivity index (χ3n) is 6.70. The highest BCUT2D eigenvalue weighted by molar-refractivity contribution is 5.81. The lowest BCUT2D eigenvalue weighted by Gasteiger charge is -2.37. The SMILES string of the molecule is Cn1c(-c2cccc(N3CCN(C(=O)CN4CCCCC4)CC3)c2)nc2ccccc21. The molecule has 1 amide bonds. The van der Waals surface area contributed by atoms with E-state index in [1.54, 1.807) is 0 Å².